The number of nitrogens with one attached hydrogen (secondary N) is 1. The van der Waals surface area contributed by atoms with Crippen molar-refractivity contribution in [2.24, 2.45) is 7.05 Å². The minimum Gasteiger partial charge on any atom is -0.477 e. The van der Waals surface area contributed by atoms with E-state index in [4.69, 9.17) is 0 Å². The van der Waals surface area contributed by atoms with Crippen LogP contribution in [0.25, 0.3) is 16.7 Å². The van der Waals surface area contributed by atoms with Gasteiger partial charge >= 0.3 is 11.7 Å². The Morgan fingerprint density at radius 3 is 2.77 bits per heavy atom. The maximum absolute atomic E-state index is 13.9. The summed E-state index contributed by atoms with van der Waals surface area (Å²) in [6.07, 6.45) is 0.775. The molecular formula is C19H19FN6O4. The molecule has 156 valence electrons. The number of imidazole rings is 1. The van der Waals surface area contributed by atoms with Crippen LogP contribution in [-0.4, -0.2) is 46.0 Å². The normalized spacial score (nSPS) is 12.5. The lowest BCUT2D eigenvalue weighted by Crippen LogP contribution is -2.27. The Labute approximate surface area is 168 Å². The van der Waals surface area contributed by atoms with Crippen molar-refractivity contribution in [3.8, 4) is 0 Å². The van der Waals surface area contributed by atoms with Gasteiger partial charge in [0, 0.05) is 18.8 Å². The monoisotopic (exact) mass is 414 g/mol. The van der Waals surface area contributed by atoms with Crippen LogP contribution in [0.4, 0.5) is 15.9 Å². The van der Waals surface area contributed by atoms with Crippen LogP contribution < -0.4 is 11.0 Å². The van der Waals surface area contributed by atoms with Crippen molar-refractivity contribution in [1.29, 1.82) is 0 Å². The molecule has 3 aromatic heterocycles. The van der Waals surface area contributed by atoms with Gasteiger partial charge in [0.25, 0.3) is 0 Å². The summed E-state index contributed by atoms with van der Waals surface area (Å²) < 4.78 is 18.1. The van der Waals surface area contributed by atoms with Gasteiger partial charge in [-0.3, -0.25) is 9.13 Å². The van der Waals surface area contributed by atoms with E-state index in [9.17, 15) is 24.2 Å². The van der Waals surface area contributed by atoms with Gasteiger partial charge in [-0.2, -0.15) is 9.61 Å². The molecule has 1 aromatic carbocycles. The Hall–Kier alpha value is -3.73. The Morgan fingerprint density at radius 2 is 2.07 bits per heavy atom. The van der Waals surface area contributed by atoms with Crippen LogP contribution in [0.2, 0.25) is 0 Å². The van der Waals surface area contributed by atoms with E-state index in [0.29, 0.717) is 23.1 Å². The average molecular weight is 414 g/mol. The average Bonchev–Trinajstić information content (AvgIpc) is 3.21. The molecule has 0 saturated carbocycles. The summed E-state index contributed by atoms with van der Waals surface area (Å²) in [6, 6.07) is 6.37. The molecule has 0 bridgehead atoms. The van der Waals surface area contributed by atoms with Crippen LogP contribution in [0.1, 0.15) is 23.8 Å². The lowest BCUT2D eigenvalue weighted by molar-refractivity contribution is 0.0690. The standard InChI is InChI=1S/C19H19FN6O4/c1-3-11(27)9-25-15-6-10(4-5-14(15)24(2)19(25)30)22-16-7-13(18(28)29)23-17-12(20)8-21-26(16)17/h4-8,11,22,27H,3,9H2,1-2H3,(H,28,29). The highest BCUT2D eigenvalue weighted by Gasteiger charge is 2.17. The number of benzene rings is 1. The quantitative estimate of drug-likeness (QED) is 0.439. The number of fused-ring (bicyclic) bond motifs is 2. The molecule has 10 nitrogen and oxygen atoms in total. The second kappa shape index (κ2) is 7.26. The molecule has 1 atom stereocenters. The Bertz CT molecular complexity index is 1340. The molecule has 1 unspecified atom stereocenters. The first-order valence-electron chi connectivity index (χ1n) is 9.22. The van der Waals surface area contributed by atoms with Crippen LogP contribution in [0, 0.1) is 5.82 Å². The van der Waals surface area contributed by atoms with Gasteiger partial charge in [0.15, 0.2) is 17.2 Å². The van der Waals surface area contributed by atoms with Gasteiger partial charge < -0.3 is 15.5 Å². The first kappa shape index (κ1) is 19.6. The number of carbonyl (C=O) groups is 1. The van der Waals surface area contributed by atoms with E-state index in [1.807, 2.05) is 6.92 Å². The minimum atomic E-state index is -1.30. The number of aromatic nitrogens is 5. The molecule has 0 amide bonds. The Kier molecular flexibility index (Phi) is 4.74. The molecule has 0 aliphatic rings. The third-order valence-corrected chi connectivity index (χ3v) is 4.93. The lowest BCUT2D eigenvalue weighted by atomic mass is 10.2. The lowest BCUT2D eigenvalue weighted by Gasteiger charge is -2.11. The van der Waals surface area contributed by atoms with Gasteiger partial charge in [0.05, 0.1) is 29.9 Å². The Morgan fingerprint density at radius 1 is 1.30 bits per heavy atom. The molecule has 4 aromatic rings. The van der Waals surface area contributed by atoms with Gasteiger partial charge in [-0.1, -0.05) is 6.92 Å². The van der Waals surface area contributed by atoms with Gasteiger partial charge in [-0.15, -0.1) is 0 Å². The highest BCUT2D eigenvalue weighted by atomic mass is 19.1. The number of aliphatic hydroxyl groups excluding tert-OH is 1. The van der Waals surface area contributed by atoms with Crippen LogP contribution in [0.5, 0.6) is 0 Å². The van der Waals surface area contributed by atoms with Crippen LogP contribution in [0.3, 0.4) is 0 Å². The molecule has 0 aliphatic heterocycles. The molecule has 0 fully saturated rings. The molecule has 0 aliphatic carbocycles. The first-order chi connectivity index (χ1) is 14.3. The maximum Gasteiger partial charge on any atom is 0.354 e. The second-order valence-corrected chi connectivity index (χ2v) is 6.90. The van der Waals surface area contributed by atoms with Gasteiger partial charge in [-0.05, 0) is 24.6 Å². The van der Waals surface area contributed by atoms with Crippen LogP contribution >= 0.6 is 0 Å². The summed E-state index contributed by atoms with van der Waals surface area (Å²) in [7, 11) is 1.64. The molecule has 3 N–H and O–H groups in total. The van der Waals surface area contributed by atoms with E-state index < -0.39 is 17.9 Å². The maximum atomic E-state index is 13.9. The molecule has 30 heavy (non-hydrogen) atoms. The topological polar surface area (TPSA) is 127 Å². The predicted octanol–water partition coefficient (Wildman–Crippen LogP) is 1.73. The highest BCUT2D eigenvalue weighted by Crippen LogP contribution is 2.24. The summed E-state index contributed by atoms with van der Waals surface area (Å²) in [4.78, 5) is 27.7. The number of aryl methyl sites for hydroxylation is 1. The molecule has 0 radical (unpaired) electrons. The van der Waals surface area contributed by atoms with Gasteiger partial charge in [-0.25, -0.2) is 19.0 Å². The Balaban J connectivity index is 1.82. The minimum absolute atomic E-state index is 0.142. The number of carboxylic acid groups (broad SMARTS) is 1. The number of rotatable bonds is 6. The van der Waals surface area contributed by atoms with Gasteiger partial charge in [0.2, 0.25) is 0 Å². The third kappa shape index (κ3) is 3.18. The smallest absolute Gasteiger partial charge is 0.354 e. The van der Waals surface area contributed by atoms with Crippen LogP contribution in [0.15, 0.2) is 35.3 Å². The summed E-state index contributed by atoms with van der Waals surface area (Å²) in [5.74, 6) is -1.86. The summed E-state index contributed by atoms with van der Waals surface area (Å²) in [5, 5.41) is 26.2. The van der Waals surface area contributed by atoms with Crippen molar-refractivity contribution in [1.82, 2.24) is 23.7 Å². The fourth-order valence-corrected chi connectivity index (χ4v) is 3.29. The number of nitrogens with zero attached hydrogens (tertiary/aromatic N) is 5. The van der Waals surface area contributed by atoms with Crippen molar-refractivity contribution >= 4 is 34.2 Å². The SMILES string of the molecule is CCC(O)Cn1c(=O)n(C)c2ccc(Nc3cc(C(=O)O)nc4c(F)cnn34)cc21. The van der Waals surface area contributed by atoms with Crippen molar-refractivity contribution in [3.63, 3.8) is 0 Å². The highest BCUT2D eigenvalue weighted by molar-refractivity contribution is 5.88. The number of halogens is 1. The number of hydrogen-bond acceptors (Lipinski definition) is 6. The molecular weight excluding hydrogens is 395 g/mol. The van der Waals surface area contributed by atoms with Crippen molar-refractivity contribution in [3.05, 3.63) is 52.5 Å². The summed E-state index contributed by atoms with van der Waals surface area (Å²) >= 11 is 0. The van der Waals surface area contributed by atoms with E-state index in [1.165, 1.54) is 15.2 Å². The van der Waals surface area contributed by atoms with E-state index >= 15 is 0 Å². The third-order valence-electron chi connectivity index (χ3n) is 4.93. The van der Waals surface area contributed by atoms with Gasteiger partial charge in [0.1, 0.15) is 5.82 Å². The van der Waals surface area contributed by atoms with E-state index in [2.05, 4.69) is 15.4 Å². The largest absolute Gasteiger partial charge is 0.477 e. The van der Waals surface area contributed by atoms with Crippen LogP contribution in [-0.2, 0) is 13.6 Å². The molecule has 4 rings (SSSR count). The van der Waals surface area contributed by atoms with E-state index in [0.717, 1.165) is 10.7 Å². The zero-order valence-corrected chi connectivity index (χ0v) is 16.2. The predicted molar refractivity (Wildman–Crippen MR) is 107 cm³/mol. The molecule has 0 spiro atoms. The zero-order valence-electron chi connectivity index (χ0n) is 16.2. The number of hydrogen-bond donors (Lipinski definition) is 3. The van der Waals surface area contributed by atoms with Crippen molar-refractivity contribution < 1.29 is 19.4 Å². The summed E-state index contributed by atoms with van der Waals surface area (Å²) in [6.45, 7) is 1.97. The molecule has 3 heterocycles. The summed E-state index contributed by atoms with van der Waals surface area (Å²) in [5.41, 5.74) is 0.964. The fourth-order valence-electron chi connectivity index (χ4n) is 3.29. The second-order valence-electron chi connectivity index (χ2n) is 6.90. The van der Waals surface area contributed by atoms with E-state index in [-0.39, 0.29) is 29.4 Å². The first-order valence-corrected chi connectivity index (χ1v) is 9.22. The molecule has 0 saturated heterocycles. The number of anilines is 2. The van der Waals surface area contributed by atoms with Crippen molar-refractivity contribution in [2.75, 3.05) is 5.32 Å². The molecule has 11 heteroatoms. The fraction of sp³-hybridized carbons (Fsp3) is 0.263. The number of aliphatic hydroxyl groups is 1. The van der Waals surface area contributed by atoms with E-state index in [1.54, 1.807) is 25.2 Å². The number of carboxylic acids is 1. The zero-order chi connectivity index (χ0) is 21.6. The number of aromatic carboxylic acids is 1. The van der Waals surface area contributed by atoms with Crippen molar-refractivity contribution in [2.45, 2.75) is 26.0 Å².